The molecular weight excluding hydrogens is 434 g/mol. The Bertz CT molecular complexity index is 1160. The zero-order chi connectivity index (χ0) is 23.5. The van der Waals surface area contributed by atoms with Gasteiger partial charge in [-0.15, -0.1) is 0 Å². The van der Waals surface area contributed by atoms with Crippen LogP contribution in [0.15, 0.2) is 54.6 Å². The Balaban J connectivity index is 1.68. The molecule has 2 aromatic carbocycles. The Labute approximate surface area is 200 Å². The zero-order valence-electron chi connectivity index (χ0n) is 19.5. The second-order valence-corrected chi connectivity index (χ2v) is 9.07. The molecule has 33 heavy (non-hydrogen) atoms. The summed E-state index contributed by atoms with van der Waals surface area (Å²) >= 11 is 6.12. The summed E-state index contributed by atoms with van der Waals surface area (Å²) in [6.45, 7) is 8.36. The molecule has 0 N–H and O–H groups in total. The fourth-order valence-electron chi connectivity index (χ4n) is 4.46. The van der Waals surface area contributed by atoms with Crippen LogP contribution < -0.4 is 0 Å². The minimum absolute atomic E-state index is 0.0108. The summed E-state index contributed by atoms with van der Waals surface area (Å²) in [4.78, 5) is 29.5. The number of piperazine rings is 1. The maximum Gasteiger partial charge on any atom is 0.255 e. The number of hydrogen-bond acceptors (Lipinski definition) is 2. The van der Waals surface area contributed by atoms with E-state index in [1.54, 1.807) is 0 Å². The molecule has 0 unspecified atom stereocenters. The van der Waals surface area contributed by atoms with Crippen LogP contribution in [-0.2, 0) is 4.79 Å². The van der Waals surface area contributed by atoms with Crippen molar-refractivity contribution in [2.24, 2.45) is 0 Å². The molecule has 0 saturated carbocycles. The van der Waals surface area contributed by atoms with Crippen LogP contribution in [0.25, 0.3) is 16.9 Å². The average molecular weight is 464 g/mol. The van der Waals surface area contributed by atoms with E-state index in [-0.39, 0.29) is 11.8 Å². The second kappa shape index (κ2) is 9.84. The van der Waals surface area contributed by atoms with Gasteiger partial charge in [0.1, 0.15) is 0 Å². The van der Waals surface area contributed by atoms with Crippen molar-refractivity contribution in [3.63, 3.8) is 0 Å². The van der Waals surface area contributed by atoms with Gasteiger partial charge in [0.25, 0.3) is 5.91 Å². The molecule has 1 aliphatic heterocycles. The molecular formula is C27H30ClN3O2. The van der Waals surface area contributed by atoms with Crippen LogP contribution in [0.5, 0.6) is 0 Å². The Morgan fingerprint density at radius 2 is 1.58 bits per heavy atom. The molecule has 1 saturated heterocycles. The minimum atomic E-state index is 0.0108. The fraction of sp³-hybridized carbons (Fsp3) is 0.333. The number of benzene rings is 2. The first kappa shape index (κ1) is 23.1. The highest BCUT2D eigenvalue weighted by atomic mass is 35.5. The summed E-state index contributed by atoms with van der Waals surface area (Å²) in [5.41, 5.74) is 5.72. The molecule has 1 aliphatic rings. The molecule has 4 rings (SSSR count). The Morgan fingerprint density at radius 1 is 0.909 bits per heavy atom. The van der Waals surface area contributed by atoms with Crippen LogP contribution in [0.4, 0.5) is 0 Å². The van der Waals surface area contributed by atoms with Crippen molar-refractivity contribution in [1.29, 1.82) is 0 Å². The quantitative estimate of drug-likeness (QED) is 0.501. The van der Waals surface area contributed by atoms with E-state index in [2.05, 4.69) is 29.7 Å². The lowest BCUT2D eigenvalue weighted by Gasteiger charge is -2.34. The third kappa shape index (κ3) is 4.83. The number of carbonyl (C=O) groups is 2. The van der Waals surface area contributed by atoms with Gasteiger partial charge in [0, 0.05) is 49.0 Å². The van der Waals surface area contributed by atoms with Gasteiger partial charge in [-0.05, 0) is 61.7 Å². The van der Waals surface area contributed by atoms with Gasteiger partial charge in [-0.1, -0.05) is 42.8 Å². The lowest BCUT2D eigenvalue weighted by Crippen LogP contribution is -2.50. The first-order valence-corrected chi connectivity index (χ1v) is 11.9. The molecule has 0 radical (unpaired) electrons. The van der Waals surface area contributed by atoms with Gasteiger partial charge in [0.05, 0.1) is 11.3 Å². The Kier molecular flexibility index (Phi) is 6.89. The van der Waals surface area contributed by atoms with E-state index in [0.717, 1.165) is 34.6 Å². The van der Waals surface area contributed by atoms with E-state index < -0.39 is 0 Å². The Morgan fingerprint density at radius 3 is 2.21 bits per heavy atom. The van der Waals surface area contributed by atoms with Gasteiger partial charge in [-0.3, -0.25) is 9.59 Å². The topological polar surface area (TPSA) is 45.6 Å². The SMILES string of the molecule is CCCC(=O)N1CCN(C(=O)c2cc(-c3ccc(Cl)cc3)n(-c3cccc(C)c3)c2C)CC1. The summed E-state index contributed by atoms with van der Waals surface area (Å²) in [6, 6.07) is 18.0. The number of rotatable bonds is 5. The van der Waals surface area contributed by atoms with E-state index in [1.165, 1.54) is 0 Å². The molecule has 0 spiro atoms. The number of aromatic nitrogens is 1. The highest BCUT2D eigenvalue weighted by Gasteiger charge is 2.27. The highest BCUT2D eigenvalue weighted by Crippen LogP contribution is 2.31. The van der Waals surface area contributed by atoms with Gasteiger partial charge >= 0.3 is 0 Å². The molecule has 1 aromatic heterocycles. The number of amides is 2. The molecule has 2 amide bonds. The lowest BCUT2D eigenvalue weighted by atomic mass is 10.1. The fourth-order valence-corrected chi connectivity index (χ4v) is 4.58. The maximum absolute atomic E-state index is 13.6. The number of carbonyl (C=O) groups excluding carboxylic acids is 2. The van der Waals surface area contributed by atoms with Crippen molar-refractivity contribution in [1.82, 2.24) is 14.4 Å². The molecule has 6 heteroatoms. The largest absolute Gasteiger partial charge is 0.339 e. The number of halogens is 1. The third-order valence-corrected chi connectivity index (χ3v) is 6.51. The Hall–Kier alpha value is -3.05. The molecule has 2 heterocycles. The van der Waals surface area contributed by atoms with Crippen molar-refractivity contribution in [3.8, 4) is 16.9 Å². The zero-order valence-corrected chi connectivity index (χ0v) is 20.2. The molecule has 1 fully saturated rings. The van der Waals surface area contributed by atoms with E-state index >= 15 is 0 Å². The van der Waals surface area contributed by atoms with Gasteiger partial charge in [-0.2, -0.15) is 0 Å². The maximum atomic E-state index is 13.6. The van der Waals surface area contributed by atoms with Crippen LogP contribution in [-0.4, -0.2) is 52.4 Å². The van der Waals surface area contributed by atoms with E-state index in [9.17, 15) is 9.59 Å². The minimum Gasteiger partial charge on any atom is -0.339 e. The van der Waals surface area contributed by atoms with Crippen LogP contribution in [0, 0.1) is 13.8 Å². The van der Waals surface area contributed by atoms with Crippen LogP contribution in [0.1, 0.15) is 41.4 Å². The molecule has 0 aliphatic carbocycles. The number of aryl methyl sites for hydroxylation is 1. The summed E-state index contributed by atoms with van der Waals surface area (Å²) in [6.07, 6.45) is 1.41. The van der Waals surface area contributed by atoms with Gasteiger partial charge < -0.3 is 14.4 Å². The normalized spacial score (nSPS) is 13.9. The summed E-state index contributed by atoms with van der Waals surface area (Å²) in [5, 5.41) is 0.677. The molecule has 3 aromatic rings. The summed E-state index contributed by atoms with van der Waals surface area (Å²) < 4.78 is 2.14. The predicted molar refractivity (Wildman–Crippen MR) is 133 cm³/mol. The average Bonchev–Trinajstić information content (AvgIpc) is 3.16. The van der Waals surface area contributed by atoms with Crippen molar-refractivity contribution in [2.45, 2.75) is 33.6 Å². The third-order valence-electron chi connectivity index (χ3n) is 6.26. The van der Waals surface area contributed by atoms with Crippen molar-refractivity contribution < 1.29 is 9.59 Å². The highest BCUT2D eigenvalue weighted by molar-refractivity contribution is 6.30. The number of nitrogens with zero attached hydrogens (tertiary/aromatic N) is 3. The molecule has 0 bridgehead atoms. The van der Waals surface area contributed by atoms with E-state index in [0.29, 0.717) is 43.2 Å². The van der Waals surface area contributed by atoms with E-state index in [4.69, 9.17) is 11.6 Å². The standard InChI is InChI=1S/C27H30ClN3O2/c1-4-6-26(32)29-13-15-30(16-14-29)27(33)24-18-25(21-9-11-22(28)12-10-21)31(20(24)3)23-8-5-7-19(2)17-23/h5,7-12,17-18H,4,6,13-16H2,1-3H3. The van der Waals surface area contributed by atoms with Crippen molar-refractivity contribution in [2.75, 3.05) is 26.2 Å². The first-order valence-electron chi connectivity index (χ1n) is 11.5. The molecule has 5 nitrogen and oxygen atoms in total. The summed E-state index contributed by atoms with van der Waals surface area (Å²) in [5.74, 6) is 0.188. The smallest absolute Gasteiger partial charge is 0.255 e. The van der Waals surface area contributed by atoms with Gasteiger partial charge in [0.15, 0.2) is 0 Å². The van der Waals surface area contributed by atoms with Gasteiger partial charge in [-0.25, -0.2) is 0 Å². The van der Waals surface area contributed by atoms with Crippen molar-refractivity contribution in [3.05, 3.63) is 76.4 Å². The van der Waals surface area contributed by atoms with Crippen LogP contribution >= 0.6 is 11.6 Å². The summed E-state index contributed by atoms with van der Waals surface area (Å²) in [7, 11) is 0. The van der Waals surface area contributed by atoms with Crippen molar-refractivity contribution >= 4 is 23.4 Å². The second-order valence-electron chi connectivity index (χ2n) is 8.63. The predicted octanol–water partition coefficient (Wildman–Crippen LogP) is 5.50. The van der Waals surface area contributed by atoms with Gasteiger partial charge in [0.2, 0.25) is 5.91 Å². The molecule has 172 valence electrons. The van der Waals surface area contributed by atoms with E-state index in [1.807, 2.05) is 60.0 Å². The molecule has 0 atom stereocenters. The first-order chi connectivity index (χ1) is 15.9. The lowest BCUT2D eigenvalue weighted by molar-refractivity contribution is -0.132. The number of hydrogen-bond donors (Lipinski definition) is 0. The monoisotopic (exact) mass is 463 g/mol. The van der Waals surface area contributed by atoms with Crippen LogP contribution in [0.2, 0.25) is 5.02 Å². The van der Waals surface area contributed by atoms with Crippen LogP contribution in [0.3, 0.4) is 0 Å².